The topological polar surface area (TPSA) is 131 Å². The van der Waals surface area contributed by atoms with Crippen molar-refractivity contribution in [3.8, 4) is 11.1 Å². The lowest BCUT2D eigenvalue weighted by Crippen LogP contribution is -2.53. The van der Waals surface area contributed by atoms with E-state index in [-0.39, 0.29) is 43.7 Å². The monoisotopic (exact) mass is 726 g/mol. The van der Waals surface area contributed by atoms with Gasteiger partial charge in [0.1, 0.15) is 5.82 Å². The second-order valence-electron chi connectivity index (χ2n) is 14.7. The van der Waals surface area contributed by atoms with Gasteiger partial charge >= 0.3 is 0 Å². The molecule has 284 valence electrons. The summed E-state index contributed by atoms with van der Waals surface area (Å²) in [4.78, 5) is 35.0. The van der Waals surface area contributed by atoms with Crippen molar-refractivity contribution in [2.24, 2.45) is 5.73 Å². The van der Waals surface area contributed by atoms with Gasteiger partial charge in [0.05, 0.1) is 17.3 Å². The molecule has 0 unspecified atom stereocenters. The number of ether oxygens (including phenoxy) is 1. The van der Waals surface area contributed by atoms with Crippen molar-refractivity contribution in [1.82, 2.24) is 29.9 Å². The molecular weight excluding hydrogens is 672 g/mol. The molecule has 0 radical (unpaired) electrons. The number of anilines is 1. The lowest BCUT2D eigenvalue weighted by atomic mass is 9.99. The number of pyridine rings is 1. The number of benzene rings is 2. The Balaban J connectivity index is 1.33. The summed E-state index contributed by atoms with van der Waals surface area (Å²) >= 11 is 0. The van der Waals surface area contributed by atoms with Crippen LogP contribution in [0.5, 0.6) is 0 Å². The van der Waals surface area contributed by atoms with E-state index in [1.807, 2.05) is 40.9 Å². The number of aryl methyl sites for hydroxylation is 2. The molecule has 2 aromatic heterocycles. The maximum Gasteiger partial charge on any atom is 0.223 e. The summed E-state index contributed by atoms with van der Waals surface area (Å²) in [6.45, 7) is 13.8. The van der Waals surface area contributed by atoms with Gasteiger partial charge in [-0.1, -0.05) is 31.2 Å². The fraction of sp³-hybridized carbons (Fsp3) is 0.512. The van der Waals surface area contributed by atoms with E-state index in [2.05, 4.69) is 53.5 Å². The number of nitrogens with two attached hydrogens (primary N) is 1. The van der Waals surface area contributed by atoms with E-state index < -0.39 is 5.91 Å². The van der Waals surface area contributed by atoms with Gasteiger partial charge in [0.2, 0.25) is 11.8 Å². The Bertz CT molecular complexity index is 1890. The molecule has 2 saturated heterocycles. The highest BCUT2D eigenvalue weighted by Gasteiger charge is 2.26. The van der Waals surface area contributed by atoms with Gasteiger partial charge < -0.3 is 26.0 Å². The maximum absolute atomic E-state index is 15.6. The van der Waals surface area contributed by atoms with Crippen LogP contribution in [0.3, 0.4) is 0 Å². The average molecular weight is 727 g/mol. The smallest absolute Gasteiger partial charge is 0.223 e. The van der Waals surface area contributed by atoms with Crippen molar-refractivity contribution in [2.75, 3.05) is 31.6 Å². The standard InChI is InChI=1S/C41H55FN8O3/c1-5-37-35(40(46-32-15-17-53-18-16-32)34-22-45-50(6-2)41(34)47-37)26-49(39(52)12-8-11-38(43)51)25-30-13-14-36(42)33(20-30)31-10-7-9-29(19-31)24-48-23-27(3)44-21-28(48)4/h7,9-10,13-14,19-20,22,27-28,32,44H,5-6,8,11-12,15-18,21,23-26H2,1-4H3,(H2,43,51)(H,46,47)/t27-,28+/m0/s1. The Morgan fingerprint density at radius 2 is 1.89 bits per heavy atom. The molecule has 2 aliphatic rings. The summed E-state index contributed by atoms with van der Waals surface area (Å²) in [5.41, 5.74) is 12.3. The Morgan fingerprint density at radius 1 is 1.08 bits per heavy atom. The number of aromatic nitrogens is 3. The number of rotatable bonds is 15. The number of nitrogens with zero attached hydrogens (tertiary/aromatic N) is 5. The Labute approximate surface area is 312 Å². The number of nitrogens with one attached hydrogen (secondary N) is 2. The van der Waals surface area contributed by atoms with Crippen LogP contribution in [0.2, 0.25) is 0 Å². The molecule has 4 aromatic rings. The largest absolute Gasteiger partial charge is 0.381 e. The molecule has 0 saturated carbocycles. The maximum atomic E-state index is 15.6. The van der Waals surface area contributed by atoms with Crippen LogP contribution in [-0.4, -0.2) is 80.8 Å². The van der Waals surface area contributed by atoms with E-state index in [0.717, 1.165) is 77.1 Å². The zero-order valence-electron chi connectivity index (χ0n) is 31.7. The van der Waals surface area contributed by atoms with Crippen LogP contribution in [0.1, 0.15) is 82.2 Å². The lowest BCUT2D eigenvalue weighted by Gasteiger charge is -2.37. The number of piperazine rings is 1. The van der Waals surface area contributed by atoms with Gasteiger partial charge in [-0.3, -0.25) is 14.5 Å². The molecular formula is C41H55FN8O3. The molecule has 0 spiro atoms. The summed E-state index contributed by atoms with van der Waals surface area (Å²) in [6.07, 6.45) is 4.91. The summed E-state index contributed by atoms with van der Waals surface area (Å²) in [5, 5.41) is 12.9. The predicted octanol–water partition coefficient (Wildman–Crippen LogP) is 5.78. The molecule has 2 aromatic carbocycles. The minimum absolute atomic E-state index is 0.109. The van der Waals surface area contributed by atoms with Crippen LogP contribution in [0.15, 0.2) is 48.7 Å². The summed E-state index contributed by atoms with van der Waals surface area (Å²) in [6, 6.07) is 14.3. The molecule has 4 N–H and O–H groups in total. The number of fused-ring (bicyclic) bond motifs is 1. The first-order chi connectivity index (χ1) is 25.6. The molecule has 2 aliphatic heterocycles. The lowest BCUT2D eigenvalue weighted by molar-refractivity contribution is -0.132. The molecule has 0 aliphatic carbocycles. The van der Waals surface area contributed by atoms with Crippen LogP contribution in [-0.2, 0) is 46.9 Å². The normalized spacial score (nSPS) is 18.4. The second kappa shape index (κ2) is 17.6. The summed E-state index contributed by atoms with van der Waals surface area (Å²) in [5.74, 6) is -0.857. The quantitative estimate of drug-likeness (QED) is 0.141. The number of halogens is 1. The van der Waals surface area contributed by atoms with Crippen LogP contribution in [0, 0.1) is 5.82 Å². The van der Waals surface area contributed by atoms with Gasteiger partial charge in [0, 0.05) is 100 Å². The van der Waals surface area contributed by atoms with Crippen molar-refractivity contribution in [3.05, 3.63) is 76.9 Å². The average Bonchev–Trinajstić information content (AvgIpc) is 3.57. The first-order valence-corrected chi connectivity index (χ1v) is 19.3. The molecule has 11 nitrogen and oxygen atoms in total. The highest BCUT2D eigenvalue weighted by molar-refractivity contribution is 5.92. The predicted molar refractivity (Wildman–Crippen MR) is 207 cm³/mol. The minimum atomic E-state index is -0.436. The highest BCUT2D eigenvalue weighted by Crippen LogP contribution is 2.33. The molecule has 2 amide bonds. The third-order valence-electron chi connectivity index (χ3n) is 10.6. The second-order valence-corrected chi connectivity index (χ2v) is 14.7. The van der Waals surface area contributed by atoms with Gasteiger partial charge in [-0.05, 0) is 81.3 Å². The summed E-state index contributed by atoms with van der Waals surface area (Å²) < 4.78 is 23.2. The van der Waals surface area contributed by atoms with E-state index >= 15 is 4.39 Å². The van der Waals surface area contributed by atoms with Crippen LogP contribution >= 0.6 is 0 Å². The molecule has 53 heavy (non-hydrogen) atoms. The van der Waals surface area contributed by atoms with Crippen LogP contribution in [0.4, 0.5) is 10.1 Å². The van der Waals surface area contributed by atoms with Gasteiger partial charge in [0.15, 0.2) is 5.65 Å². The number of carbonyl (C=O) groups is 2. The first-order valence-electron chi connectivity index (χ1n) is 19.3. The molecule has 2 atom stereocenters. The van der Waals surface area contributed by atoms with E-state index in [0.29, 0.717) is 50.2 Å². The van der Waals surface area contributed by atoms with Gasteiger partial charge in [-0.25, -0.2) is 14.1 Å². The summed E-state index contributed by atoms with van der Waals surface area (Å²) in [7, 11) is 0. The fourth-order valence-electron chi connectivity index (χ4n) is 7.58. The zero-order valence-corrected chi connectivity index (χ0v) is 31.7. The Kier molecular flexibility index (Phi) is 12.7. The SMILES string of the molecule is CCc1nc2c(cnn2CC)c(NC2CCOCC2)c1CN(Cc1ccc(F)c(-c2cccc(CN3C[C@H](C)NC[C@H]3C)c2)c1)C(=O)CCCC(N)=O. The number of primary amides is 1. The Morgan fingerprint density at radius 3 is 2.64 bits per heavy atom. The van der Waals surface area contributed by atoms with Crippen molar-refractivity contribution < 1.29 is 18.7 Å². The third-order valence-corrected chi connectivity index (χ3v) is 10.6. The third kappa shape index (κ3) is 9.41. The van der Waals surface area contributed by atoms with Crippen molar-refractivity contribution in [2.45, 2.75) is 111 Å². The van der Waals surface area contributed by atoms with E-state index in [1.54, 1.807) is 6.07 Å². The number of hydrogen-bond donors (Lipinski definition) is 3. The van der Waals surface area contributed by atoms with Crippen molar-refractivity contribution in [1.29, 1.82) is 0 Å². The van der Waals surface area contributed by atoms with Crippen LogP contribution in [0.25, 0.3) is 22.2 Å². The van der Waals surface area contributed by atoms with Crippen molar-refractivity contribution in [3.63, 3.8) is 0 Å². The molecule has 4 heterocycles. The molecule has 0 bridgehead atoms. The van der Waals surface area contributed by atoms with Gasteiger partial charge in [-0.15, -0.1) is 0 Å². The van der Waals surface area contributed by atoms with E-state index in [4.69, 9.17) is 15.5 Å². The molecule has 12 heteroatoms. The van der Waals surface area contributed by atoms with E-state index in [9.17, 15) is 9.59 Å². The van der Waals surface area contributed by atoms with E-state index in [1.165, 1.54) is 6.07 Å². The van der Waals surface area contributed by atoms with Crippen LogP contribution < -0.4 is 16.4 Å². The molecule has 6 rings (SSSR count). The number of carbonyl (C=O) groups excluding carboxylic acids is 2. The van der Waals surface area contributed by atoms with Crippen molar-refractivity contribution >= 4 is 28.5 Å². The van der Waals surface area contributed by atoms with Gasteiger partial charge in [0.25, 0.3) is 0 Å². The minimum Gasteiger partial charge on any atom is -0.381 e. The molecule has 2 fully saturated rings. The fourth-order valence-corrected chi connectivity index (χ4v) is 7.58. The number of hydrogen-bond acceptors (Lipinski definition) is 8. The number of amides is 2. The highest BCUT2D eigenvalue weighted by atomic mass is 19.1. The first kappa shape index (κ1) is 38.3. The van der Waals surface area contributed by atoms with Gasteiger partial charge in [-0.2, -0.15) is 5.10 Å². The Hall–Kier alpha value is -4.39. The zero-order chi connectivity index (χ0) is 37.5.